The van der Waals surface area contributed by atoms with Crippen LogP contribution in [-0.4, -0.2) is 18.5 Å². The predicted octanol–water partition coefficient (Wildman–Crippen LogP) is 2.64. The lowest BCUT2D eigenvalue weighted by atomic mass is 9.85. The highest BCUT2D eigenvalue weighted by Gasteiger charge is 2.26. The van der Waals surface area contributed by atoms with Crippen LogP contribution >= 0.6 is 11.6 Å². The van der Waals surface area contributed by atoms with Gasteiger partial charge in [0.1, 0.15) is 0 Å². The molecule has 0 aliphatic heterocycles. The normalized spacial score (nSPS) is 29.0. The molecule has 0 heterocycles. The van der Waals surface area contributed by atoms with E-state index in [2.05, 4.69) is 19.2 Å². The maximum Gasteiger partial charge on any atom is 0.0342 e. The fourth-order valence-corrected chi connectivity index (χ4v) is 2.02. The molecule has 0 saturated heterocycles. The van der Waals surface area contributed by atoms with Gasteiger partial charge in [-0.05, 0) is 44.2 Å². The van der Waals surface area contributed by atoms with E-state index < -0.39 is 0 Å². The highest BCUT2D eigenvalue weighted by Crippen LogP contribution is 2.30. The Labute approximate surface area is 80.9 Å². The third-order valence-corrected chi connectivity index (χ3v) is 2.87. The van der Waals surface area contributed by atoms with E-state index in [-0.39, 0.29) is 0 Å². The summed E-state index contributed by atoms with van der Waals surface area (Å²) in [5.41, 5.74) is 0. The zero-order chi connectivity index (χ0) is 8.97. The standard InChI is InChI=1S/C10H20ClN/c1-8(2)3-4-12-7-9-5-10(11)6-9/h8-10,12H,3-7H2,1-2H3. The Balaban J connectivity index is 1.83. The fourth-order valence-electron chi connectivity index (χ4n) is 1.52. The van der Waals surface area contributed by atoms with Crippen LogP contribution in [0.3, 0.4) is 0 Å². The molecule has 1 aliphatic carbocycles. The third kappa shape index (κ3) is 3.77. The van der Waals surface area contributed by atoms with Crippen LogP contribution in [0.15, 0.2) is 0 Å². The summed E-state index contributed by atoms with van der Waals surface area (Å²) in [6.07, 6.45) is 3.73. The van der Waals surface area contributed by atoms with Crippen LogP contribution in [0.2, 0.25) is 0 Å². The third-order valence-electron chi connectivity index (χ3n) is 2.51. The molecular weight excluding hydrogens is 170 g/mol. The van der Waals surface area contributed by atoms with Crippen LogP contribution in [-0.2, 0) is 0 Å². The van der Waals surface area contributed by atoms with Crippen molar-refractivity contribution < 1.29 is 0 Å². The Morgan fingerprint density at radius 3 is 2.58 bits per heavy atom. The van der Waals surface area contributed by atoms with Crippen molar-refractivity contribution in [3.05, 3.63) is 0 Å². The van der Waals surface area contributed by atoms with Crippen molar-refractivity contribution in [2.24, 2.45) is 11.8 Å². The number of halogens is 1. The molecule has 1 aliphatic rings. The van der Waals surface area contributed by atoms with E-state index in [1.165, 1.54) is 32.4 Å². The molecule has 1 fully saturated rings. The zero-order valence-electron chi connectivity index (χ0n) is 8.15. The number of rotatable bonds is 5. The van der Waals surface area contributed by atoms with Gasteiger partial charge in [0.05, 0.1) is 0 Å². The van der Waals surface area contributed by atoms with Crippen molar-refractivity contribution in [3.8, 4) is 0 Å². The lowest BCUT2D eigenvalue weighted by Crippen LogP contribution is -2.34. The van der Waals surface area contributed by atoms with Crippen LogP contribution in [0.1, 0.15) is 33.1 Å². The molecule has 0 aromatic rings. The van der Waals surface area contributed by atoms with Gasteiger partial charge in [-0.25, -0.2) is 0 Å². The molecule has 0 unspecified atom stereocenters. The van der Waals surface area contributed by atoms with E-state index >= 15 is 0 Å². The van der Waals surface area contributed by atoms with Crippen molar-refractivity contribution in [1.82, 2.24) is 5.32 Å². The zero-order valence-corrected chi connectivity index (χ0v) is 8.90. The largest absolute Gasteiger partial charge is 0.316 e. The molecule has 0 atom stereocenters. The summed E-state index contributed by atoms with van der Waals surface area (Å²) < 4.78 is 0. The highest BCUT2D eigenvalue weighted by molar-refractivity contribution is 6.21. The summed E-state index contributed by atoms with van der Waals surface area (Å²) in [7, 11) is 0. The van der Waals surface area contributed by atoms with Crippen LogP contribution in [0.25, 0.3) is 0 Å². The van der Waals surface area contributed by atoms with Crippen molar-refractivity contribution >= 4 is 11.6 Å². The number of hydrogen-bond donors (Lipinski definition) is 1. The van der Waals surface area contributed by atoms with E-state index in [9.17, 15) is 0 Å². The number of nitrogens with one attached hydrogen (secondary N) is 1. The number of hydrogen-bond acceptors (Lipinski definition) is 1. The first-order valence-electron chi connectivity index (χ1n) is 5.03. The van der Waals surface area contributed by atoms with Gasteiger partial charge < -0.3 is 5.32 Å². The molecular formula is C10H20ClN. The Hall–Kier alpha value is 0.250. The van der Waals surface area contributed by atoms with Crippen molar-refractivity contribution in [1.29, 1.82) is 0 Å². The van der Waals surface area contributed by atoms with Crippen LogP contribution in [0.5, 0.6) is 0 Å². The van der Waals surface area contributed by atoms with Gasteiger partial charge in [0.25, 0.3) is 0 Å². The summed E-state index contributed by atoms with van der Waals surface area (Å²) in [4.78, 5) is 0. The van der Waals surface area contributed by atoms with Gasteiger partial charge in [0.15, 0.2) is 0 Å². The first-order chi connectivity index (χ1) is 5.68. The lowest BCUT2D eigenvalue weighted by molar-refractivity contribution is 0.306. The van der Waals surface area contributed by atoms with E-state index in [0.717, 1.165) is 11.8 Å². The van der Waals surface area contributed by atoms with Gasteiger partial charge in [-0.1, -0.05) is 13.8 Å². The van der Waals surface area contributed by atoms with E-state index in [1.807, 2.05) is 0 Å². The Morgan fingerprint density at radius 1 is 1.42 bits per heavy atom. The summed E-state index contributed by atoms with van der Waals surface area (Å²) in [6.45, 7) is 6.87. The fraction of sp³-hybridized carbons (Fsp3) is 1.00. The SMILES string of the molecule is CC(C)CCNCC1CC(Cl)C1. The predicted molar refractivity (Wildman–Crippen MR) is 54.7 cm³/mol. The molecule has 1 N–H and O–H groups in total. The molecule has 0 aromatic carbocycles. The summed E-state index contributed by atoms with van der Waals surface area (Å²) in [5, 5.41) is 3.95. The smallest absolute Gasteiger partial charge is 0.0342 e. The molecule has 0 spiro atoms. The van der Waals surface area contributed by atoms with Crippen molar-refractivity contribution in [3.63, 3.8) is 0 Å². The Bertz CT molecular complexity index is 119. The molecule has 1 saturated carbocycles. The average Bonchev–Trinajstić information content (AvgIpc) is 1.93. The van der Waals surface area contributed by atoms with Gasteiger partial charge in [-0.15, -0.1) is 11.6 Å². The quantitative estimate of drug-likeness (QED) is 0.518. The maximum absolute atomic E-state index is 5.88. The second-order valence-corrected chi connectivity index (χ2v) is 4.94. The average molecular weight is 190 g/mol. The van der Waals surface area contributed by atoms with Crippen molar-refractivity contribution in [2.45, 2.75) is 38.5 Å². The number of alkyl halides is 1. The van der Waals surface area contributed by atoms with Gasteiger partial charge in [0, 0.05) is 5.38 Å². The lowest BCUT2D eigenvalue weighted by Gasteiger charge is -2.31. The molecule has 0 amide bonds. The van der Waals surface area contributed by atoms with E-state index in [4.69, 9.17) is 11.6 Å². The monoisotopic (exact) mass is 189 g/mol. The van der Waals surface area contributed by atoms with Gasteiger partial charge in [-0.3, -0.25) is 0 Å². The summed E-state index contributed by atoms with van der Waals surface area (Å²) >= 11 is 5.88. The molecule has 0 radical (unpaired) electrons. The molecule has 0 bridgehead atoms. The summed E-state index contributed by atoms with van der Waals surface area (Å²) in [6, 6.07) is 0. The van der Waals surface area contributed by atoms with Crippen LogP contribution in [0.4, 0.5) is 0 Å². The minimum atomic E-state index is 0.474. The van der Waals surface area contributed by atoms with Gasteiger partial charge >= 0.3 is 0 Å². The molecule has 72 valence electrons. The molecule has 0 aromatic heterocycles. The molecule has 1 nitrogen and oxygen atoms in total. The Kier molecular flexibility index (Phi) is 4.38. The maximum atomic E-state index is 5.88. The van der Waals surface area contributed by atoms with Crippen LogP contribution in [0, 0.1) is 11.8 Å². The van der Waals surface area contributed by atoms with Gasteiger partial charge in [-0.2, -0.15) is 0 Å². The van der Waals surface area contributed by atoms with E-state index in [0.29, 0.717) is 5.38 Å². The molecule has 12 heavy (non-hydrogen) atoms. The first-order valence-corrected chi connectivity index (χ1v) is 5.47. The van der Waals surface area contributed by atoms with Gasteiger partial charge in [0.2, 0.25) is 0 Å². The van der Waals surface area contributed by atoms with Crippen molar-refractivity contribution in [2.75, 3.05) is 13.1 Å². The molecule has 2 heteroatoms. The highest BCUT2D eigenvalue weighted by atomic mass is 35.5. The van der Waals surface area contributed by atoms with Crippen LogP contribution < -0.4 is 5.32 Å². The second kappa shape index (κ2) is 5.08. The second-order valence-electron chi connectivity index (χ2n) is 4.32. The minimum absolute atomic E-state index is 0.474. The minimum Gasteiger partial charge on any atom is -0.316 e. The Morgan fingerprint density at radius 2 is 2.08 bits per heavy atom. The topological polar surface area (TPSA) is 12.0 Å². The summed E-state index contributed by atoms with van der Waals surface area (Å²) in [5.74, 6) is 1.68. The van der Waals surface area contributed by atoms with E-state index in [1.54, 1.807) is 0 Å². The first kappa shape index (κ1) is 10.3. The molecule has 1 rings (SSSR count).